The van der Waals surface area contributed by atoms with Gasteiger partial charge in [-0.1, -0.05) is 55.5 Å². The van der Waals surface area contributed by atoms with Gasteiger partial charge in [0.15, 0.2) is 6.10 Å². The second-order valence-electron chi connectivity index (χ2n) is 9.53. The number of thioether (sulfide) groups is 1. The summed E-state index contributed by atoms with van der Waals surface area (Å²) in [5, 5.41) is 24.1. The fourth-order valence-corrected chi connectivity index (χ4v) is 6.29. The van der Waals surface area contributed by atoms with Crippen molar-refractivity contribution in [3.8, 4) is 5.75 Å². The Balaban J connectivity index is 1.54. The highest BCUT2D eigenvalue weighted by molar-refractivity contribution is 8.01. The number of rotatable bonds is 9. The molecule has 0 spiro atoms. The number of aliphatic hydroxyl groups excluding tert-OH is 1. The van der Waals surface area contributed by atoms with E-state index in [-0.39, 0.29) is 29.5 Å². The van der Waals surface area contributed by atoms with Crippen LogP contribution in [0.5, 0.6) is 5.75 Å². The fourth-order valence-electron chi connectivity index (χ4n) is 4.91. The Morgan fingerprint density at radius 1 is 1.19 bits per heavy atom. The van der Waals surface area contributed by atoms with E-state index >= 15 is 0 Å². The number of allylic oxidation sites excluding steroid dienone is 1. The Labute approximate surface area is 221 Å². The van der Waals surface area contributed by atoms with Crippen molar-refractivity contribution in [3.05, 3.63) is 77.4 Å². The van der Waals surface area contributed by atoms with Gasteiger partial charge < -0.3 is 25.3 Å². The second-order valence-corrected chi connectivity index (χ2v) is 10.9. The molecule has 0 bridgehead atoms. The lowest BCUT2D eigenvalue weighted by Gasteiger charge is -2.52. The fraction of sp³-hybridized carbons (Fsp3) is 0.393. The first kappa shape index (κ1) is 26.8. The van der Waals surface area contributed by atoms with Crippen LogP contribution in [0.2, 0.25) is 0 Å². The summed E-state index contributed by atoms with van der Waals surface area (Å²) in [6, 6.07) is 12.3. The summed E-state index contributed by atoms with van der Waals surface area (Å²) in [7, 11) is 0. The van der Waals surface area contributed by atoms with Gasteiger partial charge in [0.1, 0.15) is 16.7 Å². The first-order valence-electron chi connectivity index (χ1n) is 12.4. The maximum atomic E-state index is 13.5. The largest absolute Gasteiger partial charge is 0.508 e. The first-order valence-corrected chi connectivity index (χ1v) is 13.4. The molecule has 0 aliphatic carbocycles. The van der Waals surface area contributed by atoms with E-state index in [9.17, 15) is 24.6 Å². The van der Waals surface area contributed by atoms with E-state index in [2.05, 4.69) is 5.32 Å². The Hall–Kier alpha value is -3.30. The van der Waals surface area contributed by atoms with Crippen molar-refractivity contribution in [2.45, 2.75) is 56.7 Å². The summed E-state index contributed by atoms with van der Waals surface area (Å²) in [6.45, 7) is 6.08. The van der Waals surface area contributed by atoms with Crippen LogP contribution in [0.1, 0.15) is 41.8 Å². The third-order valence-corrected chi connectivity index (χ3v) is 8.56. The van der Waals surface area contributed by atoms with E-state index < -0.39 is 34.9 Å². The van der Waals surface area contributed by atoms with Gasteiger partial charge >= 0.3 is 0 Å². The predicted octanol–water partition coefficient (Wildman–Crippen LogP) is 2.83. The SMILES string of the molecule is CC/C=C\CN1C(=O)[C@H]2N(C(=O)[C@@H](O)[C@H](Cc3ccccc3)NC(=O)c3cccc(O)c3C)CSC21C. The van der Waals surface area contributed by atoms with Crippen LogP contribution in [-0.2, 0) is 16.0 Å². The molecule has 3 N–H and O–H groups in total. The summed E-state index contributed by atoms with van der Waals surface area (Å²) < 4.78 is 0. The standard InChI is InChI=1S/C28H33N3O5S/c1-4-5-9-15-31-27(36)24-28(31,3)37-17-30(24)26(35)23(33)21(16-19-11-7-6-8-12-19)29-25(34)20-13-10-14-22(32)18(20)2/h5-14,21,23-24,32-33H,4,15-17H2,1-3H3,(H,29,34)/b9-5-/t21-,23-,24+,28?/m0/s1. The number of hydrogen-bond donors (Lipinski definition) is 3. The molecule has 2 aliphatic rings. The third kappa shape index (κ3) is 5.10. The molecular weight excluding hydrogens is 490 g/mol. The maximum absolute atomic E-state index is 13.5. The number of hydrogen-bond acceptors (Lipinski definition) is 6. The van der Waals surface area contributed by atoms with Crippen LogP contribution in [0.15, 0.2) is 60.7 Å². The smallest absolute Gasteiger partial charge is 0.255 e. The number of β-lactam (4-membered cyclic amide) rings is 1. The molecular formula is C28H33N3O5S. The van der Waals surface area contributed by atoms with Crippen molar-refractivity contribution in [2.75, 3.05) is 12.4 Å². The molecule has 2 fully saturated rings. The molecule has 2 aliphatic heterocycles. The number of likely N-dealkylation sites (tertiary alicyclic amines) is 1. The number of carbonyl (C=O) groups is 3. The van der Waals surface area contributed by atoms with Gasteiger partial charge in [-0.2, -0.15) is 0 Å². The number of aromatic hydroxyl groups is 1. The van der Waals surface area contributed by atoms with E-state index in [0.29, 0.717) is 12.1 Å². The van der Waals surface area contributed by atoms with E-state index in [0.717, 1.165) is 12.0 Å². The molecule has 2 aromatic rings. The zero-order valence-corrected chi connectivity index (χ0v) is 22.1. The van der Waals surface area contributed by atoms with Crippen LogP contribution in [-0.4, -0.2) is 73.2 Å². The number of nitrogens with zero attached hydrogens (tertiary/aromatic N) is 2. The Bertz CT molecular complexity index is 1200. The molecule has 2 heterocycles. The minimum atomic E-state index is -1.56. The van der Waals surface area contributed by atoms with Crippen molar-refractivity contribution in [1.29, 1.82) is 0 Å². The van der Waals surface area contributed by atoms with E-state index in [1.54, 1.807) is 24.0 Å². The van der Waals surface area contributed by atoms with E-state index in [1.807, 2.05) is 56.3 Å². The van der Waals surface area contributed by atoms with Gasteiger partial charge in [-0.15, -0.1) is 11.8 Å². The number of benzene rings is 2. The van der Waals surface area contributed by atoms with Crippen LogP contribution in [0, 0.1) is 6.92 Å². The number of carbonyl (C=O) groups excluding carboxylic acids is 3. The van der Waals surface area contributed by atoms with Crippen molar-refractivity contribution >= 4 is 29.5 Å². The van der Waals surface area contributed by atoms with Crippen LogP contribution in [0.3, 0.4) is 0 Å². The van der Waals surface area contributed by atoms with Gasteiger partial charge in [0, 0.05) is 17.7 Å². The average molecular weight is 524 g/mol. The number of amides is 3. The van der Waals surface area contributed by atoms with Gasteiger partial charge in [0.25, 0.3) is 11.8 Å². The van der Waals surface area contributed by atoms with Gasteiger partial charge in [-0.05, 0) is 44.4 Å². The topological polar surface area (TPSA) is 110 Å². The van der Waals surface area contributed by atoms with Gasteiger partial charge in [0.2, 0.25) is 5.91 Å². The van der Waals surface area contributed by atoms with Crippen molar-refractivity contribution in [1.82, 2.24) is 15.1 Å². The van der Waals surface area contributed by atoms with Gasteiger partial charge in [-0.3, -0.25) is 14.4 Å². The van der Waals surface area contributed by atoms with Crippen LogP contribution in [0.4, 0.5) is 0 Å². The number of aliphatic hydroxyl groups is 1. The number of phenolic OH excluding ortho intramolecular Hbond substituents is 1. The number of nitrogens with one attached hydrogen (secondary N) is 1. The highest BCUT2D eigenvalue weighted by atomic mass is 32.2. The molecule has 196 valence electrons. The summed E-state index contributed by atoms with van der Waals surface area (Å²) in [5.41, 5.74) is 1.50. The van der Waals surface area contributed by atoms with Crippen molar-refractivity contribution < 1.29 is 24.6 Å². The molecule has 3 amide bonds. The zero-order chi connectivity index (χ0) is 26.7. The molecule has 0 aromatic heterocycles. The molecule has 4 atom stereocenters. The highest BCUT2D eigenvalue weighted by Gasteiger charge is 2.65. The normalized spacial score (nSPS) is 22.5. The molecule has 37 heavy (non-hydrogen) atoms. The Kier molecular flexibility index (Phi) is 7.94. The summed E-state index contributed by atoms with van der Waals surface area (Å²) in [4.78, 5) is 42.3. The molecule has 0 saturated carbocycles. The lowest BCUT2D eigenvalue weighted by atomic mass is 9.92. The molecule has 8 nitrogen and oxygen atoms in total. The Morgan fingerprint density at radius 3 is 2.62 bits per heavy atom. The van der Waals surface area contributed by atoms with Gasteiger partial charge in [0.05, 0.1) is 11.9 Å². The second kappa shape index (κ2) is 11.0. The maximum Gasteiger partial charge on any atom is 0.255 e. The van der Waals surface area contributed by atoms with Crippen LogP contribution >= 0.6 is 11.8 Å². The Morgan fingerprint density at radius 2 is 1.92 bits per heavy atom. The van der Waals surface area contributed by atoms with Crippen LogP contribution in [0.25, 0.3) is 0 Å². The summed E-state index contributed by atoms with van der Waals surface area (Å²) in [5.74, 6) is -0.983. The molecule has 1 unspecified atom stereocenters. The number of phenols is 1. The summed E-state index contributed by atoms with van der Waals surface area (Å²) >= 11 is 1.50. The molecule has 2 saturated heterocycles. The third-order valence-electron chi connectivity index (χ3n) is 7.12. The van der Waals surface area contributed by atoms with Gasteiger partial charge in [-0.25, -0.2) is 0 Å². The zero-order valence-electron chi connectivity index (χ0n) is 21.3. The van der Waals surface area contributed by atoms with Crippen molar-refractivity contribution in [2.24, 2.45) is 0 Å². The lowest BCUT2D eigenvalue weighted by molar-refractivity contribution is -0.166. The highest BCUT2D eigenvalue weighted by Crippen LogP contribution is 2.50. The molecule has 0 radical (unpaired) electrons. The first-order chi connectivity index (χ1) is 17.7. The number of fused-ring (bicyclic) bond motifs is 1. The van der Waals surface area contributed by atoms with E-state index in [4.69, 9.17) is 0 Å². The molecule has 9 heteroatoms. The minimum Gasteiger partial charge on any atom is -0.508 e. The van der Waals surface area contributed by atoms with E-state index in [1.165, 1.54) is 22.7 Å². The molecule has 2 aromatic carbocycles. The summed E-state index contributed by atoms with van der Waals surface area (Å²) in [6.07, 6.45) is 3.48. The monoisotopic (exact) mass is 523 g/mol. The molecule has 4 rings (SSSR count). The van der Waals surface area contributed by atoms with Crippen LogP contribution < -0.4 is 5.32 Å². The van der Waals surface area contributed by atoms with Crippen molar-refractivity contribution in [3.63, 3.8) is 0 Å². The lowest BCUT2D eigenvalue weighted by Crippen LogP contribution is -2.73. The average Bonchev–Trinajstić information content (AvgIpc) is 3.20. The predicted molar refractivity (Wildman–Crippen MR) is 143 cm³/mol. The quantitative estimate of drug-likeness (QED) is 0.344. The minimum absolute atomic E-state index is 0.0147.